The first kappa shape index (κ1) is 12.7. The molecule has 0 radical (unpaired) electrons. The predicted octanol–water partition coefficient (Wildman–Crippen LogP) is 2.15. The van der Waals surface area contributed by atoms with Gasteiger partial charge in [-0.05, 0) is 20.8 Å². The molecule has 0 aromatic rings. The number of rotatable bonds is 2. The van der Waals surface area contributed by atoms with Crippen molar-refractivity contribution in [3.05, 3.63) is 0 Å². The van der Waals surface area contributed by atoms with E-state index in [0.29, 0.717) is 0 Å². The van der Waals surface area contributed by atoms with Crippen LogP contribution in [0.4, 0.5) is 13.2 Å². The van der Waals surface area contributed by atoms with E-state index in [9.17, 15) is 21.6 Å². The highest BCUT2D eigenvalue weighted by Gasteiger charge is 2.35. The van der Waals surface area contributed by atoms with E-state index in [1.54, 1.807) is 0 Å². The second-order valence-corrected chi connectivity index (χ2v) is 6.66. The van der Waals surface area contributed by atoms with Gasteiger partial charge in [0, 0.05) is 0 Å². The van der Waals surface area contributed by atoms with Gasteiger partial charge in [-0.25, -0.2) is 8.42 Å². The predicted molar refractivity (Wildman–Crippen MR) is 44.2 cm³/mol. The van der Waals surface area contributed by atoms with Crippen molar-refractivity contribution in [2.45, 2.75) is 38.1 Å². The fourth-order valence-corrected chi connectivity index (χ4v) is 1.67. The van der Waals surface area contributed by atoms with E-state index in [-0.39, 0.29) is 0 Å². The van der Waals surface area contributed by atoms with Crippen molar-refractivity contribution in [2.24, 2.45) is 0 Å². The van der Waals surface area contributed by atoms with Crippen molar-refractivity contribution >= 4 is 9.84 Å². The van der Waals surface area contributed by atoms with Crippen LogP contribution in [0.2, 0.25) is 0 Å². The standard InChI is InChI=1S/C7H13F3O2S/c1-6(2,3)13(11,12)5-4-7(8,9)10/h4-5H2,1-3H3. The van der Waals surface area contributed by atoms with Gasteiger partial charge >= 0.3 is 6.18 Å². The molecule has 0 aromatic carbocycles. The van der Waals surface area contributed by atoms with Crippen LogP contribution < -0.4 is 0 Å². The fraction of sp³-hybridized carbons (Fsp3) is 1.00. The zero-order chi connectivity index (χ0) is 10.9. The first-order valence-electron chi connectivity index (χ1n) is 3.75. The molecule has 0 aliphatic rings. The van der Waals surface area contributed by atoms with E-state index in [1.807, 2.05) is 0 Å². The summed E-state index contributed by atoms with van der Waals surface area (Å²) >= 11 is 0. The van der Waals surface area contributed by atoms with Crippen molar-refractivity contribution in [2.75, 3.05) is 5.75 Å². The van der Waals surface area contributed by atoms with Crippen molar-refractivity contribution in [1.29, 1.82) is 0 Å². The van der Waals surface area contributed by atoms with Crippen LogP contribution in [0, 0.1) is 0 Å². The molecule has 0 aliphatic heterocycles. The van der Waals surface area contributed by atoms with Crippen LogP contribution in [-0.2, 0) is 9.84 Å². The summed E-state index contributed by atoms with van der Waals surface area (Å²) in [6, 6.07) is 0. The van der Waals surface area contributed by atoms with Gasteiger partial charge in [-0.15, -0.1) is 0 Å². The largest absolute Gasteiger partial charge is 0.390 e. The third-order valence-electron chi connectivity index (χ3n) is 1.59. The van der Waals surface area contributed by atoms with Crippen LogP contribution in [0.3, 0.4) is 0 Å². The molecule has 0 amide bonds. The normalized spacial score (nSPS) is 14.6. The van der Waals surface area contributed by atoms with Gasteiger partial charge in [0.1, 0.15) is 0 Å². The Labute approximate surface area is 76.1 Å². The van der Waals surface area contributed by atoms with Gasteiger partial charge in [-0.1, -0.05) is 0 Å². The Morgan fingerprint density at radius 3 is 1.69 bits per heavy atom. The molecular weight excluding hydrogens is 205 g/mol. The quantitative estimate of drug-likeness (QED) is 0.711. The summed E-state index contributed by atoms with van der Waals surface area (Å²) < 4.78 is 56.4. The van der Waals surface area contributed by atoms with Gasteiger partial charge < -0.3 is 0 Å². The first-order valence-corrected chi connectivity index (χ1v) is 5.40. The minimum absolute atomic E-state index is 0.833. The Balaban J connectivity index is 4.40. The van der Waals surface area contributed by atoms with Crippen LogP contribution in [0.1, 0.15) is 27.2 Å². The molecule has 2 nitrogen and oxygen atoms in total. The lowest BCUT2D eigenvalue weighted by molar-refractivity contribution is -0.129. The Morgan fingerprint density at radius 1 is 1.08 bits per heavy atom. The van der Waals surface area contributed by atoms with E-state index in [4.69, 9.17) is 0 Å². The Kier molecular flexibility index (Phi) is 3.41. The van der Waals surface area contributed by atoms with Gasteiger partial charge in [0.05, 0.1) is 16.9 Å². The molecule has 0 N–H and O–H groups in total. The molecule has 0 saturated carbocycles. The Morgan fingerprint density at radius 2 is 1.46 bits per heavy atom. The molecule has 0 fully saturated rings. The molecule has 0 heterocycles. The van der Waals surface area contributed by atoms with Crippen molar-refractivity contribution < 1.29 is 21.6 Å². The zero-order valence-electron chi connectivity index (χ0n) is 7.77. The number of hydrogen-bond acceptors (Lipinski definition) is 2. The molecule has 13 heavy (non-hydrogen) atoms. The summed E-state index contributed by atoms with van der Waals surface area (Å²) in [5, 5.41) is 0. The van der Waals surface area contributed by atoms with Crippen LogP contribution in [-0.4, -0.2) is 25.1 Å². The molecule has 0 bridgehead atoms. The van der Waals surface area contributed by atoms with Gasteiger partial charge in [0.25, 0.3) is 0 Å². The molecule has 0 atom stereocenters. The summed E-state index contributed by atoms with van der Waals surface area (Å²) in [5.74, 6) is -0.833. The molecule has 6 heteroatoms. The summed E-state index contributed by atoms with van der Waals surface area (Å²) in [5.41, 5.74) is 0. The van der Waals surface area contributed by atoms with Crippen molar-refractivity contribution in [3.8, 4) is 0 Å². The summed E-state index contributed by atoms with van der Waals surface area (Å²) in [7, 11) is -3.65. The van der Waals surface area contributed by atoms with Crippen LogP contribution in [0.15, 0.2) is 0 Å². The van der Waals surface area contributed by atoms with Gasteiger partial charge in [0.2, 0.25) is 0 Å². The average Bonchev–Trinajstić information content (AvgIpc) is 1.79. The van der Waals surface area contributed by atoms with Gasteiger partial charge in [-0.3, -0.25) is 0 Å². The number of alkyl halides is 3. The van der Waals surface area contributed by atoms with E-state index >= 15 is 0 Å². The van der Waals surface area contributed by atoms with E-state index in [1.165, 1.54) is 20.8 Å². The minimum atomic E-state index is -4.40. The molecule has 0 aliphatic carbocycles. The lowest BCUT2D eigenvalue weighted by atomic mass is 10.3. The Bertz CT molecular complexity index is 258. The van der Waals surface area contributed by atoms with E-state index < -0.39 is 32.9 Å². The maximum atomic E-state index is 11.7. The maximum Gasteiger partial charge on any atom is 0.390 e. The minimum Gasteiger partial charge on any atom is -0.228 e. The summed E-state index contributed by atoms with van der Waals surface area (Å²) in [6.45, 7) is 4.16. The molecule has 0 aromatic heterocycles. The molecular formula is C7H13F3O2S. The van der Waals surface area contributed by atoms with Crippen LogP contribution >= 0.6 is 0 Å². The highest BCUT2D eigenvalue weighted by atomic mass is 32.2. The lowest BCUT2D eigenvalue weighted by Crippen LogP contribution is -2.32. The van der Waals surface area contributed by atoms with Crippen LogP contribution in [0.5, 0.6) is 0 Å². The molecule has 0 saturated heterocycles. The molecule has 0 unspecified atom stereocenters. The van der Waals surface area contributed by atoms with Gasteiger partial charge in [-0.2, -0.15) is 13.2 Å². The maximum absolute atomic E-state index is 11.7. The smallest absolute Gasteiger partial charge is 0.228 e. The highest BCUT2D eigenvalue weighted by molar-refractivity contribution is 7.92. The topological polar surface area (TPSA) is 34.1 Å². The van der Waals surface area contributed by atoms with E-state index in [2.05, 4.69) is 0 Å². The van der Waals surface area contributed by atoms with Crippen molar-refractivity contribution in [3.63, 3.8) is 0 Å². The summed E-state index contributed by atoms with van der Waals surface area (Å²) in [6.07, 6.45) is -5.68. The fourth-order valence-electron chi connectivity index (χ4n) is 0.556. The molecule has 0 rings (SSSR count). The average molecular weight is 218 g/mol. The third-order valence-corrected chi connectivity index (χ3v) is 4.19. The molecule has 0 spiro atoms. The second kappa shape index (κ2) is 3.48. The second-order valence-electron chi connectivity index (χ2n) is 3.80. The monoisotopic (exact) mass is 218 g/mol. The Hall–Kier alpha value is -0.260. The number of sulfone groups is 1. The van der Waals surface area contributed by atoms with Crippen molar-refractivity contribution in [1.82, 2.24) is 0 Å². The lowest BCUT2D eigenvalue weighted by Gasteiger charge is -2.19. The first-order chi connectivity index (χ1) is 5.46. The SMILES string of the molecule is CC(C)(C)S(=O)(=O)CCC(F)(F)F. The number of halogens is 3. The van der Waals surface area contributed by atoms with Gasteiger partial charge in [0.15, 0.2) is 9.84 Å². The van der Waals surface area contributed by atoms with Crippen LogP contribution in [0.25, 0.3) is 0 Å². The number of hydrogen-bond donors (Lipinski definition) is 0. The van der Waals surface area contributed by atoms with E-state index in [0.717, 1.165) is 0 Å². The molecule has 80 valence electrons. The highest BCUT2D eigenvalue weighted by Crippen LogP contribution is 2.24. The zero-order valence-corrected chi connectivity index (χ0v) is 8.59. The summed E-state index contributed by atoms with van der Waals surface area (Å²) in [4.78, 5) is 0. The third kappa shape index (κ3) is 4.50.